The van der Waals surface area contributed by atoms with Crippen LogP contribution in [0.4, 0.5) is 23.2 Å². The molecule has 2 aromatic rings. The molecule has 184 valence electrons. The first-order valence-electron chi connectivity index (χ1n) is 11.2. The third kappa shape index (κ3) is 6.72. The molecule has 0 aliphatic heterocycles. The second-order valence-corrected chi connectivity index (χ2v) is 8.77. The Morgan fingerprint density at radius 1 is 1.06 bits per heavy atom. The molecule has 1 saturated carbocycles. The number of hydrogen-bond acceptors (Lipinski definition) is 4. The lowest BCUT2D eigenvalue weighted by atomic mass is 9.91. The van der Waals surface area contributed by atoms with E-state index in [1.165, 1.54) is 6.07 Å². The Kier molecular flexibility index (Phi) is 8.19. The Hall–Kier alpha value is -3.07. The van der Waals surface area contributed by atoms with Gasteiger partial charge in [0.15, 0.2) is 0 Å². The van der Waals surface area contributed by atoms with E-state index in [1.807, 2.05) is 38.4 Å². The number of amidine groups is 1. The molecular formula is C25H31F4N5. The number of nitrogens with one attached hydrogen (secondary N) is 4. The fourth-order valence-corrected chi connectivity index (χ4v) is 4.15. The smallest absolute Gasteiger partial charge is 0.369 e. The predicted octanol–water partition coefficient (Wildman–Crippen LogP) is 5.31. The fourth-order valence-electron chi connectivity index (χ4n) is 4.15. The zero-order valence-corrected chi connectivity index (χ0v) is 19.4. The molecule has 0 unspecified atom stereocenters. The Balaban J connectivity index is 1.49. The molecule has 9 heteroatoms. The summed E-state index contributed by atoms with van der Waals surface area (Å²) < 4.78 is 52.9. The van der Waals surface area contributed by atoms with Gasteiger partial charge in [0.05, 0.1) is 17.1 Å². The highest BCUT2D eigenvalue weighted by molar-refractivity contribution is 6.01. The second-order valence-electron chi connectivity index (χ2n) is 8.77. The summed E-state index contributed by atoms with van der Waals surface area (Å²) in [5, 5.41) is 18.1. The lowest BCUT2D eigenvalue weighted by molar-refractivity contribution is -0.138. The molecule has 4 N–H and O–H groups in total. The van der Waals surface area contributed by atoms with Crippen molar-refractivity contribution in [2.24, 2.45) is 0 Å². The SMILES string of the molecule is C=C(Nc1ccccc1C(=N)N(C)C)NC1CCC(NCc2ccc(F)cc2C(F)(F)F)CC1. The predicted molar refractivity (Wildman–Crippen MR) is 127 cm³/mol. The van der Waals surface area contributed by atoms with Crippen molar-refractivity contribution >= 4 is 11.5 Å². The van der Waals surface area contributed by atoms with Crippen molar-refractivity contribution in [3.63, 3.8) is 0 Å². The molecule has 2 aromatic carbocycles. The highest BCUT2D eigenvalue weighted by Crippen LogP contribution is 2.33. The first-order valence-corrected chi connectivity index (χ1v) is 11.2. The maximum atomic E-state index is 13.3. The molecule has 0 heterocycles. The lowest BCUT2D eigenvalue weighted by Crippen LogP contribution is -2.40. The van der Waals surface area contributed by atoms with E-state index >= 15 is 0 Å². The Labute approximate surface area is 197 Å². The summed E-state index contributed by atoms with van der Waals surface area (Å²) in [5.41, 5.74) is 0.672. The quantitative estimate of drug-likeness (QED) is 0.237. The van der Waals surface area contributed by atoms with Crippen LogP contribution in [0.1, 0.15) is 42.4 Å². The van der Waals surface area contributed by atoms with E-state index in [9.17, 15) is 17.6 Å². The maximum Gasteiger partial charge on any atom is 0.416 e. The van der Waals surface area contributed by atoms with Crippen LogP contribution in [0.2, 0.25) is 0 Å². The highest BCUT2D eigenvalue weighted by Gasteiger charge is 2.34. The van der Waals surface area contributed by atoms with Crippen molar-refractivity contribution in [1.29, 1.82) is 5.41 Å². The average molecular weight is 478 g/mol. The number of hydrogen-bond donors (Lipinski definition) is 4. The minimum Gasteiger partial charge on any atom is -0.369 e. The van der Waals surface area contributed by atoms with Crippen molar-refractivity contribution < 1.29 is 17.6 Å². The number of nitrogens with zero attached hydrogens (tertiary/aromatic N) is 1. The number of halogens is 4. The van der Waals surface area contributed by atoms with Crippen LogP contribution in [-0.2, 0) is 12.7 Å². The standard InChI is InChI=1S/C25H31F4N5/c1-16(33-23-7-5-4-6-21(23)24(30)34(2)3)32-20-12-10-19(11-13-20)31-15-17-8-9-18(26)14-22(17)25(27,28)29/h4-9,14,19-20,30-33H,1,10-13,15H2,2-3H3. The molecule has 5 nitrogen and oxygen atoms in total. The van der Waals surface area contributed by atoms with Gasteiger partial charge >= 0.3 is 6.18 Å². The maximum absolute atomic E-state index is 13.3. The second kappa shape index (κ2) is 10.9. The van der Waals surface area contributed by atoms with Crippen LogP contribution < -0.4 is 16.0 Å². The Morgan fingerprint density at radius 3 is 2.35 bits per heavy atom. The number of rotatable bonds is 8. The topological polar surface area (TPSA) is 63.2 Å². The van der Waals surface area contributed by atoms with E-state index < -0.39 is 17.6 Å². The van der Waals surface area contributed by atoms with Gasteiger partial charge in [0.1, 0.15) is 11.7 Å². The van der Waals surface area contributed by atoms with E-state index in [-0.39, 0.29) is 24.2 Å². The van der Waals surface area contributed by atoms with Gasteiger partial charge in [-0.3, -0.25) is 5.41 Å². The van der Waals surface area contributed by atoms with E-state index in [2.05, 4.69) is 22.5 Å². The summed E-state index contributed by atoms with van der Waals surface area (Å²) in [5.74, 6) is 0.131. The molecule has 0 atom stereocenters. The molecular weight excluding hydrogens is 446 g/mol. The molecule has 1 aliphatic rings. The molecule has 0 bridgehead atoms. The normalized spacial score (nSPS) is 18.3. The number of benzene rings is 2. The minimum absolute atomic E-state index is 0.0424. The van der Waals surface area contributed by atoms with Crippen LogP contribution in [0.3, 0.4) is 0 Å². The van der Waals surface area contributed by atoms with E-state index in [0.29, 0.717) is 17.7 Å². The minimum atomic E-state index is -4.59. The van der Waals surface area contributed by atoms with Gasteiger partial charge in [-0.2, -0.15) is 13.2 Å². The van der Waals surface area contributed by atoms with Crippen molar-refractivity contribution in [2.45, 2.75) is 50.5 Å². The van der Waals surface area contributed by atoms with E-state index in [4.69, 9.17) is 5.41 Å². The summed E-state index contributed by atoms with van der Waals surface area (Å²) in [4.78, 5) is 1.73. The van der Waals surface area contributed by atoms with Gasteiger partial charge < -0.3 is 20.9 Å². The van der Waals surface area contributed by atoms with Crippen LogP contribution in [0.25, 0.3) is 0 Å². The monoisotopic (exact) mass is 477 g/mol. The van der Waals surface area contributed by atoms with Crippen molar-refractivity contribution in [3.8, 4) is 0 Å². The molecule has 1 aliphatic carbocycles. The summed E-state index contributed by atoms with van der Waals surface area (Å²) in [6, 6.07) is 10.6. The van der Waals surface area contributed by atoms with Crippen molar-refractivity contribution in [3.05, 3.63) is 77.4 Å². The molecule has 1 fully saturated rings. The van der Waals surface area contributed by atoms with Crippen LogP contribution in [0.15, 0.2) is 54.9 Å². The highest BCUT2D eigenvalue weighted by atomic mass is 19.4. The fraction of sp³-hybridized carbons (Fsp3) is 0.400. The molecule has 0 saturated heterocycles. The van der Waals surface area contributed by atoms with Gasteiger partial charge in [0, 0.05) is 38.3 Å². The third-order valence-corrected chi connectivity index (χ3v) is 5.98. The molecule has 0 radical (unpaired) electrons. The van der Waals surface area contributed by atoms with Crippen LogP contribution in [0.5, 0.6) is 0 Å². The molecule has 34 heavy (non-hydrogen) atoms. The first-order chi connectivity index (χ1) is 16.0. The third-order valence-electron chi connectivity index (χ3n) is 5.98. The number of alkyl halides is 3. The first kappa shape index (κ1) is 25.6. The molecule has 0 amide bonds. The van der Waals surface area contributed by atoms with Gasteiger partial charge in [0.2, 0.25) is 0 Å². The van der Waals surface area contributed by atoms with Crippen molar-refractivity contribution in [1.82, 2.24) is 15.5 Å². The van der Waals surface area contributed by atoms with Gasteiger partial charge in [0.25, 0.3) is 0 Å². The average Bonchev–Trinajstić information content (AvgIpc) is 2.78. The van der Waals surface area contributed by atoms with Crippen LogP contribution >= 0.6 is 0 Å². The largest absolute Gasteiger partial charge is 0.416 e. The molecule has 0 spiro atoms. The summed E-state index contributed by atoms with van der Waals surface area (Å²) in [6.45, 7) is 4.11. The lowest BCUT2D eigenvalue weighted by Gasteiger charge is -2.31. The zero-order chi connectivity index (χ0) is 24.9. The summed E-state index contributed by atoms with van der Waals surface area (Å²) in [6.07, 6.45) is -1.31. The van der Waals surface area contributed by atoms with Gasteiger partial charge in [-0.05, 0) is 55.5 Å². The molecule has 3 rings (SSSR count). The van der Waals surface area contributed by atoms with E-state index in [1.54, 1.807) is 4.90 Å². The van der Waals surface area contributed by atoms with Gasteiger partial charge in [-0.1, -0.05) is 24.8 Å². The van der Waals surface area contributed by atoms with Gasteiger partial charge in [-0.25, -0.2) is 4.39 Å². The summed E-state index contributed by atoms with van der Waals surface area (Å²) >= 11 is 0. The Morgan fingerprint density at radius 2 is 1.71 bits per heavy atom. The van der Waals surface area contributed by atoms with Crippen molar-refractivity contribution in [2.75, 3.05) is 19.4 Å². The van der Waals surface area contributed by atoms with Crippen LogP contribution in [-0.4, -0.2) is 36.9 Å². The zero-order valence-electron chi connectivity index (χ0n) is 19.4. The van der Waals surface area contributed by atoms with Crippen LogP contribution in [0, 0.1) is 11.2 Å². The number of anilines is 1. The number of para-hydroxylation sites is 1. The van der Waals surface area contributed by atoms with E-state index in [0.717, 1.165) is 43.0 Å². The Bertz CT molecular complexity index is 1010. The summed E-state index contributed by atoms with van der Waals surface area (Å²) in [7, 11) is 3.64. The van der Waals surface area contributed by atoms with Gasteiger partial charge in [-0.15, -0.1) is 0 Å². The molecule has 0 aromatic heterocycles.